The number of fused-ring (bicyclic) bond motifs is 1. The third-order valence-corrected chi connectivity index (χ3v) is 4.99. The Bertz CT molecular complexity index is 1090. The number of hydrogen-bond acceptors (Lipinski definition) is 4. The topological polar surface area (TPSA) is 86.9 Å². The van der Waals surface area contributed by atoms with Gasteiger partial charge in [-0.2, -0.15) is 0 Å². The molecule has 0 bridgehead atoms. The number of nitrogens with one attached hydrogen (secondary N) is 3. The summed E-state index contributed by atoms with van der Waals surface area (Å²) in [7, 11) is 0. The summed E-state index contributed by atoms with van der Waals surface area (Å²) in [6.07, 6.45) is 0. The predicted octanol–water partition coefficient (Wildman–Crippen LogP) is 3.52. The Balaban J connectivity index is 1.54. The molecule has 1 heterocycles. The molecular weight excluding hydrogens is 405 g/mol. The van der Waals surface area contributed by atoms with Gasteiger partial charge < -0.3 is 15.6 Å². The van der Waals surface area contributed by atoms with Gasteiger partial charge in [0.1, 0.15) is 0 Å². The maximum absolute atomic E-state index is 13.6. The van der Waals surface area contributed by atoms with Gasteiger partial charge in [-0.05, 0) is 43.7 Å². The Hall–Kier alpha value is -3.01. The molecule has 0 aliphatic heterocycles. The summed E-state index contributed by atoms with van der Waals surface area (Å²) < 4.78 is 39.7. The fraction of sp³-hybridized carbons (Fsp3) is 0.211. The number of anilines is 1. The summed E-state index contributed by atoms with van der Waals surface area (Å²) in [5.74, 6) is -5.76. The first kappa shape index (κ1) is 20.7. The summed E-state index contributed by atoms with van der Waals surface area (Å²) in [5.41, 5.74) is 2.20. The molecule has 10 heteroatoms. The first-order chi connectivity index (χ1) is 13.7. The van der Waals surface area contributed by atoms with Crippen LogP contribution in [0.15, 0.2) is 35.5 Å². The van der Waals surface area contributed by atoms with Crippen LogP contribution in [0.4, 0.5) is 18.9 Å². The Morgan fingerprint density at radius 2 is 1.93 bits per heavy atom. The number of halogens is 3. The van der Waals surface area contributed by atoms with E-state index in [1.54, 1.807) is 6.92 Å². The van der Waals surface area contributed by atoms with E-state index in [9.17, 15) is 22.8 Å². The van der Waals surface area contributed by atoms with Crippen molar-refractivity contribution in [1.29, 1.82) is 0 Å². The highest BCUT2D eigenvalue weighted by Gasteiger charge is 2.19. The Morgan fingerprint density at radius 3 is 2.69 bits per heavy atom. The molecule has 152 valence electrons. The molecule has 0 radical (unpaired) electrons. The number of aromatic nitrogens is 2. The molecule has 3 aromatic rings. The quantitative estimate of drug-likeness (QED) is 0.419. The molecule has 0 saturated heterocycles. The number of aryl methyl sites for hydroxylation is 1. The average Bonchev–Trinajstić information content (AvgIpc) is 3.07. The van der Waals surface area contributed by atoms with E-state index >= 15 is 0 Å². The molecule has 0 fully saturated rings. The van der Waals surface area contributed by atoms with Crippen molar-refractivity contribution in [3.63, 3.8) is 0 Å². The highest BCUT2D eigenvalue weighted by atomic mass is 32.2. The molecule has 0 aliphatic rings. The minimum Gasteiger partial charge on any atom is -0.346 e. The molecule has 1 aromatic heterocycles. The van der Waals surface area contributed by atoms with Gasteiger partial charge in [0.15, 0.2) is 22.6 Å². The second kappa shape index (κ2) is 8.56. The standard InChI is InChI=1S/C19H17F3N4O2S/c1-9-3-5-12-14(7-9)26-19(25-12)29-10(2)18(28)23-8-15(27)24-13-6-4-11(20)16(21)17(13)22/h3-7,10H,8H2,1-2H3,(H,23,28)(H,24,27)(H,25,26)/t10-/m0/s1. The number of nitrogens with zero attached hydrogens (tertiary/aromatic N) is 1. The third-order valence-electron chi connectivity index (χ3n) is 4.01. The second-order valence-electron chi connectivity index (χ2n) is 6.31. The lowest BCUT2D eigenvalue weighted by Gasteiger charge is -2.11. The van der Waals surface area contributed by atoms with E-state index in [2.05, 4.69) is 20.6 Å². The average molecular weight is 422 g/mol. The molecule has 1 atom stereocenters. The van der Waals surface area contributed by atoms with E-state index in [-0.39, 0.29) is 0 Å². The van der Waals surface area contributed by atoms with Crippen molar-refractivity contribution in [2.24, 2.45) is 0 Å². The highest BCUT2D eigenvalue weighted by Crippen LogP contribution is 2.24. The van der Waals surface area contributed by atoms with Gasteiger partial charge in [0.05, 0.1) is 28.5 Å². The largest absolute Gasteiger partial charge is 0.346 e. The smallest absolute Gasteiger partial charge is 0.243 e. The summed E-state index contributed by atoms with van der Waals surface area (Å²) in [6, 6.07) is 7.34. The van der Waals surface area contributed by atoms with Gasteiger partial charge in [0.25, 0.3) is 0 Å². The lowest BCUT2D eigenvalue weighted by atomic mass is 10.2. The van der Waals surface area contributed by atoms with E-state index in [4.69, 9.17) is 0 Å². The molecule has 0 spiro atoms. The van der Waals surface area contributed by atoms with Gasteiger partial charge >= 0.3 is 0 Å². The number of benzene rings is 2. The van der Waals surface area contributed by atoms with E-state index in [1.807, 2.05) is 25.1 Å². The number of thioether (sulfide) groups is 1. The van der Waals surface area contributed by atoms with Crippen LogP contribution >= 0.6 is 11.8 Å². The van der Waals surface area contributed by atoms with E-state index in [0.717, 1.165) is 22.7 Å². The summed E-state index contributed by atoms with van der Waals surface area (Å²) >= 11 is 1.18. The minimum absolute atomic E-state index is 0.437. The zero-order chi connectivity index (χ0) is 21.1. The van der Waals surface area contributed by atoms with Crippen molar-refractivity contribution in [2.45, 2.75) is 24.3 Å². The van der Waals surface area contributed by atoms with Gasteiger partial charge in [0.2, 0.25) is 11.8 Å². The monoisotopic (exact) mass is 422 g/mol. The lowest BCUT2D eigenvalue weighted by molar-refractivity contribution is -0.123. The lowest BCUT2D eigenvalue weighted by Crippen LogP contribution is -2.37. The van der Waals surface area contributed by atoms with Crippen molar-refractivity contribution in [3.05, 3.63) is 53.3 Å². The van der Waals surface area contributed by atoms with E-state index in [1.165, 1.54) is 11.8 Å². The molecule has 0 unspecified atom stereocenters. The second-order valence-corrected chi connectivity index (χ2v) is 7.64. The summed E-state index contributed by atoms with van der Waals surface area (Å²) in [4.78, 5) is 31.6. The van der Waals surface area contributed by atoms with Gasteiger partial charge in [-0.15, -0.1) is 0 Å². The van der Waals surface area contributed by atoms with Crippen LogP contribution in [-0.4, -0.2) is 33.6 Å². The number of aromatic amines is 1. The molecule has 29 heavy (non-hydrogen) atoms. The van der Waals surface area contributed by atoms with Crippen molar-refractivity contribution in [2.75, 3.05) is 11.9 Å². The molecule has 2 aromatic carbocycles. The summed E-state index contributed by atoms with van der Waals surface area (Å²) in [5, 5.41) is 4.48. The first-order valence-electron chi connectivity index (χ1n) is 8.58. The molecular formula is C19H17F3N4O2S. The molecule has 0 aliphatic carbocycles. The number of carbonyl (C=O) groups is 2. The fourth-order valence-electron chi connectivity index (χ4n) is 2.50. The molecule has 0 saturated carbocycles. The molecule has 3 rings (SSSR count). The minimum atomic E-state index is -1.68. The predicted molar refractivity (Wildman–Crippen MR) is 104 cm³/mol. The number of imidazole rings is 1. The highest BCUT2D eigenvalue weighted by molar-refractivity contribution is 8.00. The van der Waals surface area contributed by atoms with Crippen LogP contribution in [0.25, 0.3) is 11.0 Å². The Kier molecular flexibility index (Phi) is 6.12. The van der Waals surface area contributed by atoms with Crippen LogP contribution in [0.5, 0.6) is 0 Å². The van der Waals surface area contributed by atoms with Crippen LogP contribution in [0.3, 0.4) is 0 Å². The van der Waals surface area contributed by atoms with E-state index < -0.39 is 46.7 Å². The zero-order valence-corrected chi connectivity index (χ0v) is 16.3. The van der Waals surface area contributed by atoms with Crippen molar-refractivity contribution in [3.8, 4) is 0 Å². The van der Waals surface area contributed by atoms with E-state index in [0.29, 0.717) is 11.2 Å². The third kappa shape index (κ3) is 4.89. The molecule has 6 nitrogen and oxygen atoms in total. The maximum Gasteiger partial charge on any atom is 0.243 e. The Labute approximate surface area is 168 Å². The van der Waals surface area contributed by atoms with Crippen molar-refractivity contribution < 1.29 is 22.8 Å². The number of amides is 2. The maximum atomic E-state index is 13.6. The zero-order valence-electron chi connectivity index (χ0n) is 15.5. The van der Waals surface area contributed by atoms with Crippen LogP contribution in [0.1, 0.15) is 12.5 Å². The summed E-state index contributed by atoms with van der Waals surface area (Å²) in [6.45, 7) is 3.15. The van der Waals surface area contributed by atoms with Gasteiger partial charge in [0, 0.05) is 0 Å². The van der Waals surface area contributed by atoms with Crippen LogP contribution in [-0.2, 0) is 9.59 Å². The van der Waals surface area contributed by atoms with Crippen molar-refractivity contribution >= 4 is 40.3 Å². The van der Waals surface area contributed by atoms with Gasteiger partial charge in [-0.1, -0.05) is 17.8 Å². The van der Waals surface area contributed by atoms with Gasteiger partial charge in [-0.3, -0.25) is 9.59 Å². The number of hydrogen-bond donors (Lipinski definition) is 3. The Morgan fingerprint density at radius 1 is 1.17 bits per heavy atom. The molecule has 2 amide bonds. The number of carbonyl (C=O) groups excluding carboxylic acids is 2. The fourth-order valence-corrected chi connectivity index (χ4v) is 3.35. The van der Waals surface area contributed by atoms with Crippen LogP contribution < -0.4 is 10.6 Å². The first-order valence-corrected chi connectivity index (χ1v) is 9.46. The number of rotatable bonds is 6. The molecule has 3 N–H and O–H groups in total. The van der Waals surface area contributed by atoms with Crippen LogP contribution in [0.2, 0.25) is 0 Å². The SMILES string of the molecule is Cc1ccc2nc(S[C@@H](C)C(=O)NCC(=O)Nc3ccc(F)c(F)c3F)[nH]c2c1. The van der Waals surface area contributed by atoms with Crippen LogP contribution in [0, 0.1) is 24.4 Å². The van der Waals surface area contributed by atoms with Gasteiger partial charge in [-0.25, -0.2) is 18.2 Å². The van der Waals surface area contributed by atoms with Crippen molar-refractivity contribution in [1.82, 2.24) is 15.3 Å². The number of H-pyrrole nitrogens is 1. The normalized spacial score (nSPS) is 12.0.